The van der Waals surface area contributed by atoms with Crippen molar-refractivity contribution in [2.45, 2.75) is 23.8 Å². The lowest BCUT2D eigenvalue weighted by Crippen LogP contribution is -2.42. The Hall–Kier alpha value is -3.63. The minimum absolute atomic E-state index is 0.152. The predicted octanol–water partition coefficient (Wildman–Crippen LogP) is 5.80. The van der Waals surface area contributed by atoms with Crippen LogP contribution in [-0.2, 0) is 4.79 Å². The van der Waals surface area contributed by atoms with Crippen molar-refractivity contribution in [3.63, 3.8) is 0 Å². The van der Waals surface area contributed by atoms with Gasteiger partial charge in [0.2, 0.25) is 5.91 Å². The zero-order valence-corrected chi connectivity index (χ0v) is 18.8. The highest BCUT2D eigenvalue weighted by Gasteiger charge is 2.33. The SMILES string of the molecule is CSc1ccccc1-c1ccc(N2CCCC(n3cnc4cc(C#N)ccc43)C2=O)c(F)c1. The van der Waals surface area contributed by atoms with Crippen molar-refractivity contribution in [3.8, 4) is 17.2 Å². The molecule has 1 aliphatic rings. The summed E-state index contributed by atoms with van der Waals surface area (Å²) in [5, 5.41) is 9.12. The van der Waals surface area contributed by atoms with Crippen molar-refractivity contribution in [3.05, 3.63) is 78.4 Å². The van der Waals surface area contributed by atoms with Crippen LogP contribution in [0, 0.1) is 17.1 Å². The Morgan fingerprint density at radius 2 is 2.00 bits per heavy atom. The first-order chi connectivity index (χ1) is 16.1. The fourth-order valence-electron chi connectivity index (χ4n) is 4.48. The lowest BCUT2D eigenvalue weighted by atomic mass is 10.0. The second-order valence-corrected chi connectivity index (χ2v) is 8.83. The Kier molecular flexibility index (Phi) is 5.61. The number of nitriles is 1. The highest BCUT2D eigenvalue weighted by atomic mass is 32.2. The van der Waals surface area contributed by atoms with E-state index in [4.69, 9.17) is 5.26 Å². The van der Waals surface area contributed by atoms with Gasteiger partial charge >= 0.3 is 0 Å². The number of thioether (sulfide) groups is 1. The van der Waals surface area contributed by atoms with Gasteiger partial charge in [-0.05, 0) is 66.6 Å². The molecule has 0 radical (unpaired) electrons. The average Bonchev–Trinajstić information content (AvgIpc) is 3.27. The third-order valence-corrected chi connectivity index (χ3v) is 6.90. The quantitative estimate of drug-likeness (QED) is 0.364. The number of piperidine rings is 1. The van der Waals surface area contributed by atoms with Gasteiger partial charge in [-0.25, -0.2) is 9.37 Å². The molecule has 0 N–H and O–H groups in total. The lowest BCUT2D eigenvalue weighted by Gasteiger charge is -2.33. The second-order valence-electron chi connectivity index (χ2n) is 7.98. The van der Waals surface area contributed by atoms with Crippen molar-refractivity contribution >= 4 is 34.4 Å². The molecule has 5 nitrogen and oxygen atoms in total. The summed E-state index contributed by atoms with van der Waals surface area (Å²) in [7, 11) is 0. The van der Waals surface area contributed by atoms with Gasteiger partial charge in [0.25, 0.3) is 0 Å². The predicted molar refractivity (Wildman–Crippen MR) is 129 cm³/mol. The van der Waals surface area contributed by atoms with Crippen LogP contribution in [0.1, 0.15) is 24.4 Å². The molecule has 1 unspecified atom stereocenters. The highest BCUT2D eigenvalue weighted by Crippen LogP contribution is 2.35. The fourth-order valence-corrected chi connectivity index (χ4v) is 5.10. The summed E-state index contributed by atoms with van der Waals surface area (Å²) >= 11 is 1.62. The van der Waals surface area contributed by atoms with Crippen molar-refractivity contribution in [2.75, 3.05) is 17.7 Å². The molecule has 1 fully saturated rings. The van der Waals surface area contributed by atoms with E-state index in [0.717, 1.165) is 28.0 Å². The molecule has 1 aromatic heterocycles. The normalized spacial score (nSPS) is 16.2. The van der Waals surface area contributed by atoms with Gasteiger partial charge in [0.05, 0.1) is 34.7 Å². The van der Waals surface area contributed by atoms with E-state index in [9.17, 15) is 4.79 Å². The molecule has 4 aromatic rings. The van der Waals surface area contributed by atoms with Gasteiger partial charge in [-0.1, -0.05) is 24.3 Å². The van der Waals surface area contributed by atoms with E-state index in [-0.39, 0.29) is 5.91 Å². The molecule has 1 atom stereocenters. The molecule has 164 valence electrons. The maximum atomic E-state index is 15.3. The zero-order chi connectivity index (χ0) is 22.9. The number of fused-ring (bicyclic) bond motifs is 1. The van der Waals surface area contributed by atoms with Gasteiger partial charge in [0, 0.05) is 11.4 Å². The molecule has 5 rings (SSSR count). The Bertz CT molecular complexity index is 1410. The molecule has 1 saturated heterocycles. The van der Waals surface area contributed by atoms with Crippen LogP contribution in [0.2, 0.25) is 0 Å². The first-order valence-corrected chi connectivity index (χ1v) is 11.9. The molecule has 3 aromatic carbocycles. The molecule has 2 heterocycles. The van der Waals surface area contributed by atoms with Crippen LogP contribution < -0.4 is 4.90 Å². The van der Waals surface area contributed by atoms with Gasteiger partial charge < -0.3 is 9.47 Å². The Morgan fingerprint density at radius 3 is 2.79 bits per heavy atom. The summed E-state index contributed by atoms with van der Waals surface area (Å²) in [6.07, 6.45) is 5.04. The Balaban J connectivity index is 1.47. The smallest absolute Gasteiger partial charge is 0.250 e. The summed E-state index contributed by atoms with van der Waals surface area (Å²) in [5.74, 6) is -0.562. The topological polar surface area (TPSA) is 61.9 Å². The number of hydrogen-bond donors (Lipinski definition) is 0. The third-order valence-electron chi connectivity index (χ3n) is 6.11. The molecule has 7 heteroatoms. The third kappa shape index (κ3) is 3.77. The standard InChI is InChI=1S/C26H21FN4OS/c1-33-25-7-3-2-5-19(25)18-9-11-22(20(27)14-18)30-12-4-6-24(26(30)32)31-16-29-21-13-17(15-28)8-10-23(21)31/h2-3,5,7-11,13-14,16,24H,4,6,12H2,1H3. The van der Waals surface area contributed by atoms with Crippen LogP contribution in [-0.4, -0.2) is 28.3 Å². The second kappa shape index (κ2) is 8.72. The molecule has 0 aliphatic carbocycles. The summed E-state index contributed by atoms with van der Waals surface area (Å²) in [6, 6.07) is 19.9. The van der Waals surface area contributed by atoms with Crippen molar-refractivity contribution in [1.29, 1.82) is 5.26 Å². The maximum absolute atomic E-state index is 15.3. The lowest BCUT2D eigenvalue weighted by molar-refractivity contribution is -0.123. The first-order valence-electron chi connectivity index (χ1n) is 10.7. The summed E-state index contributed by atoms with van der Waals surface area (Å²) < 4.78 is 17.1. The minimum Gasteiger partial charge on any atom is -0.318 e. The monoisotopic (exact) mass is 456 g/mol. The van der Waals surface area contributed by atoms with Crippen LogP contribution in [0.4, 0.5) is 10.1 Å². The van der Waals surface area contributed by atoms with Crippen LogP contribution in [0.5, 0.6) is 0 Å². The number of anilines is 1. The zero-order valence-electron chi connectivity index (χ0n) is 18.0. The number of amides is 1. The van der Waals surface area contributed by atoms with Crippen molar-refractivity contribution in [2.24, 2.45) is 0 Å². The molecule has 0 saturated carbocycles. The van der Waals surface area contributed by atoms with E-state index < -0.39 is 11.9 Å². The minimum atomic E-state index is -0.465. The van der Waals surface area contributed by atoms with Gasteiger partial charge in [0.15, 0.2) is 0 Å². The number of carbonyl (C=O) groups excluding carboxylic acids is 1. The van der Waals surface area contributed by atoms with E-state index in [0.29, 0.717) is 29.7 Å². The van der Waals surface area contributed by atoms with Crippen LogP contribution in [0.15, 0.2) is 71.9 Å². The van der Waals surface area contributed by atoms with Gasteiger partial charge in [-0.2, -0.15) is 5.26 Å². The molecular weight excluding hydrogens is 435 g/mol. The average molecular weight is 457 g/mol. The summed E-state index contributed by atoms with van der Waals surface area (Å²) in [4.78, 5) is 20.5. The Morgan fingerprint density at radius 1 is 1.15 bits per heavy atom. The molecule has 1 amide bonds. The molecule has 33 heavy (non-hydrogen) atoms. The van der Waals surface area contributed by atoms with E-state index >= 15 is 4.39 Å². The molecule has 1 aliphatic heterocycles. The van der Waals surface area contributed by atoms with Crippen molar-refractivity contribution < 1.29 is 9.18 Å². The number of halogens is 1. The molecule has 0 spiro atoms. The number of aromatic nitrogens is 2. The van der Waals surface area contributed by atoms with Gasteiger partial charge in [0.1, 0.15) is 11.9 Å². The number of rotatable bonds is 4. The number of imidazole rings is 1. The maximum Gasteiger partial charge on any atom is 0.250 e. The van der Waals surface area contributed by atoms with Crippen molar-refractivity contribution in [1.82, 2.24) is 9.55 Å². The Labute approximate surface area is 195 Å². The van der Waals surface area contributed by atoms with Crippen LogP contribution in [0.3, 0.4) is 0 Å². The number of hydrogen-bond acceptors (Lipinski definition) is 4. The summed E-state index contributed by atoms with van der Waals surface area (Å²) in [6.45, 7) is 0.470. The molecular formula is C26H21FN4OS. The highest BCUT2D eigenvalue weighted by molar-refractivity contribution is 7.98. The van der Waals surface area contributed by atoms with Crippen LogP contribution in [0.25, 0.3) is 22.2 Å². The number of benzene rings is 3. The van der Waals surface area contributed by atoms with E-state index in [1.807, 2.05) is 47.2 Å². The van der Waals surface area contributed by atoms with E-state index in [1.165, 1.54) is 6.07 Å². The molecule has 0 bridgehead atoms. The number of nitrogens with zero attached hydrogens (tertiary/aromatic N) is 4. The van der Waals surface area contributed by atoms with E-state index in [2.05, 4.69) is 11.1 Å². The largest absolute Gasteiger partial charge is 0.318 e. The fraction of sp³-hybridized carbons (Fsp3) is 0.192. The van der Waals surface area contributed by atoms with Gasteiger partial charge in [-0.3, -0.25) is 4.79 Å². The number of carbonyl (C=O) groups is 1. The van der Waals surface area contributed by atoms with Gasteiger partial charge in [-0.15, -0.1) is 11.8 Å². The first kappa shape index (κ1) is 21.2. The summed E-state index contributed by atoms with van der Waals surface area (Å²) in [5.41, 5.74) is 4.04. The van der Waals surface area contributed by atoms with E-state index in [1.54, 1.807) is 41.2 Å². The van der Waals surface area contributed by atoms with Crippen LogP contribution >= 0.6 is 11.8 Å².